The van der Waals surface area contributed by atoms with E-state index in [0.29, 0.717) is 11.5 Å². The van der Waals surface area contributed by atoms with Crippen molar-refractivity contribution >= 4 is 12.1 Å². The minimum absolute atomic E-state index is 0.0495. The topological polar surface area (TPSA) is 54.6 Å². The Bertz CT molecular complexity index is 642. The number of carbonyl (C=O) groups is 1. The Hall–Kier alpha value is -2.43. The van der Waals surface area contributed by atoms with Crippen LogP contribution in [0.2, 0.25) is 0 Å². The molecule has 3 rings (SSSR count). The summed E-state index contributed by atoms with van der Waals surface area (Å²) in [6.45, 7) is 0. The molecule has 1 amide bonds. The number of amides is 1. The van der Waals surface area contributed by atoms with Gasteiger partial charge in [0.05, 0.1) is 6.21 Å². The Labute approximate surface area is 115 Å². The van der Waals surface area contributed by atoms with Gasteiger partial charge in [0.25, 0.3) is 0 Å². The van der Waals surface area contributed by atoms with E-state index >= 15 is 0 Å². The third-order valence-corrected chi connectivity index (χ3v) is 3.07. The molecule has 2 aromatic rings. The van der Waals surface area contributed by atoms with Crippen LogP contribution in [0.3, 0.4) is 0 Å². The maximum absolute atomic E-state index is 12.8. The van der Waals surface area contributed by atoms with Crippen LogP contribution in [0.25, 0.3) is 11.3 Å². The second kappa shape index (κ2) is 5.28. The summed E-state index contributed by atoms with van der Waals surface area (Å²) in [7, 11) is 0. The summed E-state index contributed by atoms with van der Waals surface area (Å²) in [6, 6.07) is 9.56. The van der Waals surface area contributed by atoms with E-state index in [-0.39, 0.29) is 17.6 Å². The molecule has 1 saturated carbocycles. The highest BCUT2D eigenvalue weighted by molar-refractivity contribution is 5.83. The normalized spacial score (nSPS) is 14.7. The summed E-state index contributed by atoms with van der Waals surface area (Å²) in [5, 5.41) is 3.85. The average Bonchev–Trinajstić information content (AvgIpc) is 3.20. The van der Waals surface area contributed by atoms with Gasteiger partial charge < -0.3 is 4.42 Å². The highest BCUT2D eigenvalue weighted by Gasteiger charge is 2.29. The summed E-state index contributed by atoms with van der Waals surface area (Å²) in [6.07, 6.45) is 3.33. The molecule has 0 aliphatic heterocycles. The Kier molecular flexibility index (Phi) is 3.33. The number of hydrogen-bond donors (Lipinski definition) is 1. The van der Waals surface area contributed by atoms with Crippen molar-refractivity contribution in [2.45, 2.75) is 12.8 Å². The van der Waals surface area contributed by atoms with Gasteiger partial charge in [-0.05, 0) is 49.2 Å². The van der Waals surface area contributed by atoms with E-state index in [1.807, 2.05) is 0 Å². The predicted octanol–water partition coefficient (Wildman–Crippen LogP) is 2.95. The molecule has 1 aliphatic rings. The zero-order valence-corrected chi connectivity index (χ0v) is 10.7. The molecule has 5 heteroatoms. The lowest BCUT2D eigenvalue weighted by atomic mass is 10.2. The molecular formula is C15H13FN2O2. The molecular weight excluding hydrogens is 259 g/mol. The summed E-state index contributed by atoms with van der Waals surface area (Å²) in [5.74, 6) is 0.940. The van der Waals surface area contributed by atoms with E-state index < -0.39 is 0 Å². The van der Waals surface area contributed by atoms with Gasteiger partial charge >= 0.3 is 0 Å². The minimum atomic E-state index is -0.287. The smallest absolute Gasteiger partial charge is 0.243 e. The molecule has 0 unspecified atom stereocenters. The third-order valence-electron chi connectivity index (χ3n) is 3.07. The molecule has 1 fully saturated rings. The van der Waals surface area contributed by atoms with Crippen molar-refractivity contribution in [1.82, 2.24) is 5.43 Å². The van der Waals surface area contributed by atoms with Crippen molar-refractivity contribution in [2.24, 2.45) is 11.0 Å². The number of nitrogens with zero attached hydrogens (tertiary/aromatic N) is 1. The van der Waals surface area contributed by atoms with E-state index in [0.717, 1.165) is 18.4 Å². The van der Waals surface area contributed by atoms with Crippen LogP contribution in [0.5, 0.6) is 0 Å². The summed E-state index contributed by atoms with van der Waals surface area (Å²) in [5.41, 5.74) is 3.26. The number of halogens is 1. The molecule has 1 heterocycles. The number of hydrogen-bond acceptors (Lipinski definition) is 3. The first kappa shape index (κ1) is 12.6. The van der Waals surface area contributed by atoms with Crippen molar-refractivity contribution in [2.75, 3.05) is 0 Å². The fourth-order valence-electron chi connectivity index (χ4n) is 1.79. The fourth-order valence-corrected chi connectivity index (χ4v) is 1.79. The molecule has 1 aliphatic carbocycles. The van der Waals surface area contributed by atoms with Gasteiger partial charge in [0.2, 0.25) is 5.91 Å². The van der Waals surface area contributed by atoms with Crippen LogP contribution in [-0.2, 0) is 4.79 Å². The van der Waals surface area contributed by atoms with Crippen LogP contribution in [0.15, 0.2) is 45.9 Å². The van der Waals surface area contributed by atoms with Crippen LogP contribution >= 0.6 is 0 Å². The molecule has 1 aromatic carbocycles. The van der Waals surface area contributed by atoms with E-state index in [4.69, 9.17) is 4.42 Å². The lowest BCUT2D eigenvalue weighted by Gasteiger charge is -1.96. The van der Waals surface area contributed by atoms with Gasteiger partial charge in [0.1, 0.15) is 17.3 Å². The number of nitrogens with one attached hydrogen (secondary N) is 1. The Morgan fingerprint density at radius 1 is 1.25 bits per heavy atom. The van der Waals surface area contributed by atoms with Crippen LogP contribution in [-0.4, -0.2) is 12.1 Å². The van der Waals surface area contributed by atoms with Gasteiger partial charge in [0, 0.05) is 11.5 Å². The van der Waals surface area contributed by atoms with Gasteiger partial charge in [0.15, 0.2) is 0 Å². The van der Waals surface area contributed by atoms with Crippen LogP contribution in [0.1, 0.15) is 18.6 Å². The molecule has 0 bridgehead atoms. The number of benzene rings is 1. The molecule has 1 N–H and O–H groups in total. The van der Waals surface area contributed by atoms with Crippen molar-refractivity contribution in [3.63, 3.8) is 0 Å². The monoisotopic (exact) mass is 272 g/mol. The summed E-state index contributed by atoms with van der Waals surface area (Å²) < 4.78 is 18.4. The number of furan rings is 1. The lowest BCUT2D eigenvalue weighted by Crippen LogP contribution is -2.18. The Morgan fingerprint density at radius 3 is 2.70 bits per heavy atom. The van der Waals surface area contributed by atoms with Gasteiger partial charge in [-0.1, -0.05) is 0 Å². The molecule has 0 radical (unpaired) electrons. The molecule has 0 atom stereocenters. The minimum Gasteiger partial charge on any atom is -0.455 e. The van der Waals surface area contributed by atoms with Crippen molar-refractivity contribution < 1.29 is 13.6 Å². The maximum Gasteiger partial charge on any atom is 0.243 e. The highest BCUT2D eigenvalue weighted by atomic mass is 19.1. The first-order valence-electron chi connectivity index (χ1n) is 6.41. The predicted molar refractivity (Wildman–Crippen MR) is 72.6 cm³/mol. The molecule has 0 saturated heterocycles. The highest BCUT2D eigenvalue weighted by Crippen LogP contribution is 2.28. The van der Waals surface area contributed by atoms with Gasteiger partial charge in [-0.15, -0.1) is 0 Å². The standard InChI is InChI=1S/C15H13FN2O2/c16-12-5-3-10(4-6-12)14-8-7-13(20-14)9-17-18-15(19)11-1-2-11/h3-9,11H,1-2H2,(H,18,19)/b17-9+. The quantitative estimate of drug-likeness (QED) is 0.687. The second-order valence-corrected chi connectivity index (χ2v) is 4.72. The largest absolute Gasteiger partial charge is 0.455 e. The number of carbonyl (C=O) groups excluding carboxylic acids is 1. The van der Waals surface area contributed by atoms with Gasteiger partial charge in [-0.3, -0.25) is 4.79 Å². The third kappa shape index (κ3) is 2.93. The van der Waals surface area contributed by atoms with E-state index in [9.17, 15) is 9.18 Å². The van der Waals surface area contributed by atoms with Crippen LogP contribution < -0.4 is 5.43 Å². The van der Waals surface area contributed by atoms with E-state index in [1.54, 1.807) is 24.3 Å². The van der Waals surface area contributed by atoms with Crippen LogP contribution in [0.4, 0.5) is 4.39 Å². The van der Waals surface area contributed by atoms with Crippen molar-refractivity contribution in [3.05, 3.63) is 48.0 Å². The maximum atomic E-state index is 12.8. The number of hydrazone groups is 1. The zero-order chi connectivity index (χ0) is 13.9. The second-order valence-electron chi connectivity index (χ2n) is 4.72. The molecule has 20 heavy (non-hydrogen) atoms. The average molecular weight is 272 g/mol. The SMILES string of the molecule is O=C(N/N=C/c1ccc(-c2ccc(F)cc2)o1)C1CC1. The first-order chi connectivity index (χ1) is 9.72. The molecule has 102 valence electrons. The van der Waals surface area contributed by atoms with Crippen molar-refractivity contribution in [3.8, 4) is 11.3 Å². The Morgan fingerprint density at radius 2 is 2.00 bits per heavy atom. The van der Waals surface area contributed by atoms with E-state index in [2.05, 4.69) is 10.5 Å². The molecule has 1 aromatic heterocycles. The van der Waals surface area contributed by atoms with Crippen LogP contribution in [0, 0.1) is 11.7 Å². The molecule has 4 nitrogen and oxygen atoms in total. The lowest BCUT2D eigenvalue weighted by molar-refractivity contribution is -0.122. The van der Waals surface area contributed by atoms with E-state index in [1.165, 1.54) is 18.3 Å². The summed E-state index contributed by atoms with van der Waals surface area (Å²) in [4.78, 5) is 11.4. The van der Waals surface area contributed by atoms with Crippen molar-refractivity contribution in [1.29, 1.82) is 0 Å². The zero-order valence-electron chi connectivity index (χ0n) is 10.7. The Balaban J connectivity index is 1.65. The molecule has 0 spiro atoms. The van der Waals surface area contributed by atoms with Gasteiger partial charge in [-0.2, -0.15) is 5.10 Å². The fraction of sp³-hybridized carbons (Fsp3) is 0.200. The van der Waals surface area contributed by atoms with Gasteiger partial charge in [-0.25, -0.2) is 9.82 Å². The first-order valence-corrected chi connectivity index (χ1v) is 6.41. The number of rotatable bonds is 4. The summed E-state index contributed by atoms with van der Waals surface area (Å²) >= 11 is 0.